The van der Waals surface area contributed by atoms with Crippen molar-refractivity contribution in [3.8, 4) is 0 Å². The molecule has 0 saturated carbocycles. The summed E-state index contributed by atoms with van der Waals surface area (Å²) in [6, 6.07) is 2.22. The number of hydrogen-bond donors (Lipinski definition) is 3. The number of nitrogens with zero attached hydrogens (tertiary/aromatic N) is 2. The molecule has 1 aromatic carbocycles. The molecule has 0 heterocycles. The van der Waals surface area contributed by atoms with Crippen LogP contribution in [0.5, 0.6) is 0 Å². The summed E-state index contributed by atoms with van der Waals surface area (Å²) in [4.78, 5) is 18.6. The number of benzene rings is 1. The Morgan fingerprint density at radius 2 is 2.00 bits per heavy atom. The fourth-order valence-corrected chi connectivity index (χ4v) is 1.47. The van der Waals surface area contributed by atoms with Crippen LogP contribution in [0.1, 0.15) is 10.4 Å². The molecule has 0 bridgehead atoms. The summed E-state index contributed by atoms with van der Waals surface area (Å²) in [6.07, 6.45) is 0. The number of esters is 1. The van der Waals surface area contributed by atoms with Gasteiger partial charge in [0.15, 0.2) is 5.96 Å². The van der Waals surface area contributed by atoms with Crippen LogP contribution >= 0.6 is 11.6 Å². The zero-order chi connectivity index (χ0) is 14.6. The van der Waals surface area contributed by atoms with Crippen molar-refractivity contribution in [1.82, 2.24) is 0 Å². The fraction of sp³-hybridized carbons (Fsp3) is 0.100. The van der Waals surface area contributed by atoms with Crippen LogP contribution in [-0.2, 0) is 4.74 Å². The van der Waals surface area contributed by atoms with E-state index < -0.39 is 17.3 Å². The second-order valence-electron chi connectivity index (χ2n) is 3.25. The van der Waals surface area contributed by atoms with Gasteiger partial charge in [-0.1, -0.05) is 11.6 Å². The molecule has 0 saturated heterocycles. The Hall–Kier alpha value is -2.35. The molecule has 0 aliphatic carbocycles. The fourth-order valence-electron chi connectivity index (χ4n) is 1.20. The Balaban J connectivity index is 3.33. The summed E-state index contributed by atoms with van der Waals surface area (Å²) >= 11 is 5.85. The van der Waals surface area contributed by atoms with E-state index in [9.17, 15) is 9.18 Å². The highest BCUT2D eigenvalue weighted by Gasteiger charge is 2.19. The second kappa shape index (κ2) is 6.01. The maximum atomic E-state index is 13.5. The number of aliphatic imine (C=N–C) groups is 2. The molecule has 0 aliphatic heterocycles. The van der Waals surface area contributed by atoms with E-state index in [1.54, 1.807) is 0 Å². The predicted octanol–water partition coefficient (Wildman–Crippen LogP) is 0.485. The average molecular weight is 288 g/mol. The number of ether oxygens (including phenoxy) is 1. The lowest BCUT2D eigenvalue weighted by Gasteiger charge is -2.06. The largest absolute Gasteiger partial charge is 0.465 e. The first kappa shape index (κ1) is 14.7. The van der Waals surface area contributed by atoms with E-state index in [4.69, 9.17) is 28.8 Å². The first-order valence-corrected chi connectivity index (χ1v) is 5.24. The Bertz CT molecular complexity index is 569. The minimum atomic E-state index is -0.931. The molecule has 0 amide bonds. The van der Waals surface area contributed by atoms with Gasteiger partial charge in [-0.2, -0.15) is 4.99 Å². The molecular weight excluding hydrogens is 277 g/mol. The number of carbonyl (C=O) groups is 1. The molecule has 102 valence electrons. The van der Waals surface area contributed by atoms with Crippen LogP contribution < -0.4 is 17.2 Å². The van der Waals surface area contributed by atoms with E-state index in [1.807, 2.05) is 0 Å². The molecule has 7 nitrogen and oxygen atoms in total. The number of carbonyl (C=O) groups excluding carboxylic acids is 1. The van der Waals surface area contributed by atoms with Gasteiger partial charge in [0.2, 0.25) is 5.96 Å². The van der Waals surface area contributed by atoms with Crippen LogP contribution in [0, 0.1) is 5.82 Å². The minimum absolute atomic E-state index is 0.0333. The lowest BCUT2D eigenvalue weighted by atomic mass is 10.2. The van der Waals surface area contributed by atoms with Crippen molar-refractivity contribution in [3.63, 3.8) is 0 Å². The molecule has 0 atom stereocenters. The maximum absolute atomic E-state index is 13.5. The summed E-state index contributed by atoms with van der Waals surface area (Å²) in [7, 11) is 1.10. The molecule has 0 spiro atoms. The smallest absolute Gasteiger partial charge is 0.342 e. The number of hydrogen-bond acceptors (Lipinski definition) is 3. The zero-order valence-corrected chi connectivity index (χ0v) is 10.6. The standard InChI is InChI=1S/C10H11ClFN5O2/c1-19-8(18)6-4(12)2-3-5(7(6)11)16-10(15)17-9(13)14/h2-3H,1H3,(H6,13,14,15,16,17). The van der Waals surface area contributed by atoms with Crippen molar-refractivity contribution in [2.75, 3.05) is 7.11 Å². The number of halogens is 2. The van der Waals surface area contributed by atoms with Crippen molar-refractivity contribution in [1.29, 1.82) is 0 Å². The summed E-state index contributed by atoms with van der Waals surface area (Å²) < 4.78 is 17.9. The molecule has 0 radical (unpaired) electrons. The molecule has 0 aliphatic rings. The molecule has 0 unspecified atom stereocenters. The number of methoxy groups -OCH3 is 1. The van der Waals surface area contributed by atoms with Gasteiger partial charge < -0.3 is 21.9 Å². The molecule has 19 heavy (non-hydrogen) atoms. The SMILES string of the molecule is COC(=O)c1c(F)ccc(N=C(N)N=C(N)N)c1Cl. The van der Waals surface area contributed by atoms with Crippen molar-refractivity contribution < 1.29 is 13.9 Å². The molecule has 1 aromatic rings. The summed E-state index contributed by atoms with van der Waals surface area (Å²) in [5.41, 5.74) is 15.2. The molecule has 0 aromatic heterocycles. The predicted molar refractivity (Wildman–Crippen MR) is 69.8 cm³/mol. The summed E-state index contributed by atoms with van der Waals surface area (Å²) in [6.45, 7) is 0. The highest BCUT2D eigenvalue weighted by Crippen LogP contribution is 2.31. The molecule has 0 fully saturated rings. The quantitative estimate of drug-likeness (QED) is 0.414. The van der Waals surface area contributed by atoms with Crippen LogP contribution in [0.15, 0.2) is 22.1 Å². The van der Waals surface area contributed by atoms with E-state index in [0.29, 0.717) is 0 Å². The van der Waals surface area contributed by atoms with Crippen LogP contribution in [-0.4, -0.2) is 25.0 Å². The van der Waals surface area contributed by atoms with E-state index in [1.165, 1.54) is 6.07 Å². The summed E-state index contributed by atoms with van der Waals surface area (Å²) in [5, 5.41) is -0.249. The van der Waals surface area contributed by atoms with E-state index in [-0.39, 0.29) is 22.6 Å². The van der Waals surface area contributed by atoms with Crippen LogP contribution in [0.3, 0.4) is 0 Å². The van der Waals surface area contributed by atoms with Crippen LogP contribution in [0.4, 0.5) is 10.1 Å². The third-order valence-electron chi connectivity index (χ3n) is 1.94. The lowest BCUT2D eigenvalue weighted by Crippen LogP contribution is -2.26. The Labute approximate surface area is 112 Å². The van der Waals surface area contributed by atoms with Gasteiger partial charge in [0.25, 0.3) is 0 Å². The average Bonchev–Trinajstić information content (AvgIpc) is 2.31. The zero-order valence-electron chi connectivity index (χ0n) is 9.85. The van der Waals surface area contributed by atoms with Gasteiger partial charge in [-0.05, 0) is 12.1 Å². The highest BCUT2D eigenvalue weighted by atomic mass is 35.5. The van der Waals surface area contributed by atoms with Crippen molar-refractivity contribution in [2.45, 2.75) is 0 Å². The highest BCUT2D eigenvalue weighted by molar-refractivity contribution is 6.36. The van der Waals surface area contributed by atoms with Gasteiger partial charge in [0.05, 0.1) is 17.8 Å². The van der Waals surface area contributed by atoms with Gasteiger partial charge in [0.1, 0.15) is 11.4 Å². The number of nitrogens with two attached hydrogens (primary N) is 3. The first-order valence-electron chi connectivity index (χ1n) is 4.87. The van der Waals surface area contributed by atoms with Crippen LogP contribution in [0.25, 0.3) is 0 Å². The van der Waals surface area contributed by atoms with Gasteiger partial charge in [-0.25, -0.2) is 14.2 Å². The van der Waals surface area contributed by atoms with Crippen molar-refractivity contribution >= 4 is 35.2 Å². The lowest BCUT2D eigenvalue weighted by molar-refractivity contribution is 0.0596. The second-order valence-corrected chi connectivity index (χ2v) is 3.63. The third kappa shape index (κ3) is 3.55. The van der Waals surface area contributed by atoms with E-state index in [0.717, 1.165) is 13.2 Å². The Kier molecular flexibility index (Phi) is 4.65. The Morgan fingerprint density at radius 1 is 1.37 bits per heavy atom. The normalized spacial score (nSPS) is 11.0. The molecule has 1 rings (SSSR count). The third-order valence-corrected chi connectivity index (χ3v) is 2.32. The molecule has 9 heteroatoms. The van der Waals surface area contributed by atoms with Gasteiger partial charge >= 0.3 is 5.97 Å². The monoisotopic (exact) mass is 287 g/mol. The number of guanidine groups is 2. The van der Waals surface area contributed by atoms with Gasteiger partial charge in [0, 0.05) is 0 Å². The van der Waals surface area contributed by atoms with Crippen molar-refractivity contribution in [3.05, 3.63) is 28.5 Å². The van der Waals surface area contributed by atoms with Gasteiger partial charge in [-0.3, -0.25) is 0 Å². The van der Waals surface area contributed by atoms with Gasteiger partial charge in [-0.15, -0.1) is 0 Å². The van der Waals surface area contributed by atoms with Crippen molar-refractivity contribution in [2.24, 2.45) is 27.2 Å². The minimum Gasteiger partial charge on any atom is -0.465 e. The van der Waals surface area contributed by atoms with Crippen LogP contribution in [0.2, 0.25) is 5.02 Å². The van der Waals surface area contributed by atoms with E-state index in [2.05, 4.69) is 14.7 Å². The Morgan fingerprint density at radius 3 is 2.53 bits per heavy atom. The number of rotatable bonds is 2. The molecule has 6 N–H and O–H groups in total. The topological polar surface area (TPSA) is 129 Å². The first-order chi connectivity index (χ1) is 8.86. The summed E-state index contributed by atoms with van der Waals surface area (Å²) in [5.74, 6) is -2.35. The maximum Gasteiger partial charge on any atom is 0.342 e. The van der Waals surface area contributed by atoms with E-state index >= 15 is 0 Å². The molecular formula is C10H11ClFN5O2.